The van der Waals surface area contributed by atoms with Crippen LogP contribution in [0, 0.1) is 0 Å². The van der Waals surface area contributed by atoms with E-state index in [0.29, 0.717) is 13.2 Å². The predicted molar refractivity (Wildman–Crippen MR) is 61.5 cm³/mol. The number of alkyl halides is 3. The third-order valence-corrected chi connectivity index (χ3v) is 1.95. The van der Waals surface area contributed by atoms with Crippen molar-refractivity contribution in [1.82, 2.24) is 5.32 Å². The number of hydrogen-bond acceptors (Lipinski definition) is 4. The summed E-state index contributed by atoms with van der Waals surface area (Å²) in [5.41, 5.74) is 0. The molecular weight excluding hydrogens is 251 g/mol. The van der Waals surface area contributed by atoms with Crippen molar-refractivity contribution in [2.75, 3.05) is 32.9 Å². The van der Waals surface area contributed by atoms with Crippen molar-refractivity contribution in [3.05, 3.63) is 0 Å². The van der Waals surface area contributed by atoms with E-state index < -0.39 is 18.7 Å². The summed E-state index contributed by atoms with van der Waals surface area (Å²) in [7, 11) is 0. The second kappa shape index (κ2) is 9.55. The van der Waals surface area contributed by atoms with E-state index in [2.05, 4.69) is 5.32 Å². The number of halogens is 3. The first-order valence-electron chi connectivity index (χ1n) is 5.96. The molecule has 18 heavy (non-hydrogen) atoms. The van der Waals surface area contributed by atoms with Crippen LogP contribution in [0.5, 0.6) is 0 Å². The second-order valence-electron chi connectivity index (χ2n) is 4.22. The number of aliphatic hydroxyl groups is 1. The van der Waals surface area contributed by atoms with Gasteiger partial charge in [0.15, 0.2) is 0 Å². The van der Waals surface area contributed by atoms with Crippen molar-refractivity contribution in [1.29, 1.82) is 0 Å². The summed E-state index contributed by atoms with van der Waals surface area (Å²) in [5.74, 6) is 0. The monoisotopic (exact) mass is 273 g/mol. The Hall–Kier alpha value is -0.370. The van der Waals surface area contributed by atoms with Gasteiger partial charge in [-0.25, -0.2) is 0 Å². The van der Waals surface area contributed by atoms with E-state index in [0.717, 1.165) is 0 Å². The van der Waals surface area contributed by atoms with Gasteiger partial charge in [0.05, 0.1) is 38.4 Å². The Morgan fingerprint density at radius 3 is 2.44 bits per heavy atom. The standard InChI is InChI=1S/C11H22F3NO3/c1-9(2)18-6-5-17-8-10(16)7-15-4-3-11(12,13)14/h9-10,15-16H,3-8H2,1-2H3. The summed E-state index contributed by atoms with van der Waals surface area (Å²) >= 11 is 0. The summed E-state index contributed by atoms with van der Waals surface area (Å²) in [4.78, 5) is 0. The molecule has 0 radical (unpaired) electrons. The molecular formula is C11H22F3NO3. The fourth-order valence-electron chi connectivity index (χ4n) is 1.12. The molecule has 0 saturated heterocycles. The van der Waals surface area contributed by atoms with Crippen molar-refractivity contribution in [2.45, 2.75) is 38.7 Å². The van der Waals surface area contributed by atoms with E-state index in [1.54, 1.807) is 0 Å². The van der Waals surface area contributed by atoms with Crippen molar-refractivity contribution >= 4 is 0 Å². The van der Waals surface area contributed by atoms with Gasteiger partial charge < -0.3 is 19.9 Å². The number of aliphatic hydroxyl groups excluding tert-OH is 1. The second-order valence-corrected chi connectivity index (χ2v) is 4.22. The summed E-state index contributed by atoms with van der Waals surface area (Å²) in [6.07, 6.45) is -5.74. The third kappa shape index (κ3) is 13.7. The maximum absolute atomic E-state index is 11.8. The molecule has 0 heterocycles. The highest BCUT2D eigenvalue weighted by molar-refractivity contribution is 4.60. The largest absolute Gasteiger partial charge is 0.390 e. The lowest BCUT2D eigenvalue weighted by atomic mass is 10.3. The Morgan fingerprint density at radius 1 is 1.22 bits per heavy atom. The number of rotatable bonds is 10. The van der Waals surface area contributed by atoms with Crippen molar-refractivity contribution in [3.63, 3.8) is 0 Å². The number of ether oxygens (including phenoxy) is 2. The normalized spacial score (nSPS) is 14.2. The molecule has 0 aromatic rings. The van der Waals surface area contributed by atoms with Gasteiger partial charge in [0, 0.05) is 13.1 Å². The van der Waals surface area contributed by atoms with Gasteiger partial charge in [-0.05, 0) is 13.8 Å². The molecule has 0 aliphatic heterocycles. The number of nitrogens with one attached hydrogen (secondary N) is 1. The first-order valence-corrected chi connectivity index (χ1v) is 5.96. The minimum atomic E-state index is -4.16. The van der Waals surface area contributed by atoms with Crippen LogP contribution in [-0.4, -0.2) is 56.4 Å². The molecule has 0 aromatic heterocycles. The molecule has 1 unspecified atom stereocenters. The van der Waals surface area contributed by atoms with E-state index in [9.17, 15) is 18.3 Å². The highest BCUT2D eigenvalue weighted by atomic mass is 19.4. The highest BCUT2D eigenvalue weighted by Gasteiger charge is 2.25. The maximum Gasteiger partial charge on any atom is 0.390 e. The summed E-state index contributed by atoms with van der Waals surface area (Å²) < 4.78 is 45.7. The lowest BCUT2D eigenvalue weighted by Gasteiger charge is -2.13. The van der Waals surface area contributed by atoms with E-state index >= 15 is 0 Å². The van der Waals surface area contributed by atoms with Gasteiger partial charge in [0.25, 0.3) is 0 Å². The minimum absolute atomic E-state index is 0.0838. The Morgan fingerprint density at radius 2 is 1.89 bits per heavy atom. The molecule has 7 heteroatoms. The summed E-state index contributed by atoms with van der Waals surface area (Å²) in [6, 6.07) is 0. The van der Waals surface area contributed by atoms with E-state index in [4.69, 9.17) is 9.47 Å². The van der Waals surface area contributed by atoms with Crippen molar-refractivity contribution in [2.24, 2.45) is 0 Å². The zero-order chi connectivity index (χ0) is 14.0. The van der Waals surface area contributed by atoms with Crippen LogP contribution in [0.25, 0.3) is 0 Å². The SMILES string of the molecule is CC(C)OCCOCC(O)CNCCC(F)(F)F. The molecule has 1 atom stereocenters. The minimum Gasteiger partial charge on any atom is -0.389 e. The Balaban J connectivity index is 3.30. The molecule has 0 rings (SSSR count). The van der Waals surface area contributed by atoms with Gasteiger partial charge in [-0.3, -0.25) is 0 Å². The zero-order valence-corrected chi connectivity index (χ0v) is 10.8. The molecule has 0 fully saturated rings. The average Bonchev–Trinajstić information content (AvgIpc) is 2.22. The van der Waals surface area contributed by atoms with Crippen LogP contribution in [0.15, 0.2) is 0 Å². The van der Waals surface area contributed by atoms with Crippen LogP contribution in [0.1, 0.15) is 20.3 Å². The first kappa shape index (κ1) is 17.6. The molecule has 0 aliphatic rings. The number of hydrogen-bond donors (Lipinski definition) is 2. The molecule has 0 aromatic carbocycles. The topological polar surface area (TPSA) is 50.7 Å². The molecule has 0 aliphatic carbocycles. The van der Waals surface area contributed by atoms with Gasteiger partial charge in [-0.15, -0.1) is 0 Å². The van der Waals surface area contributed by atoms with Crippen LogP contribution >= 0.6 is 0 Å². The molecule has 0 spiro atoms. The summed E-state index contributed by atoms with van der Waals surface area (Å²) in [5, 5.41) is 11.9. The average molecular weight is 273 g/mol. The predicted octanol–water partition coefficient (Wildman–Crippen LogP) is 1.33. The van der Waals surface area contributed by atoms with Gasteiger partial charge in [0.1, 0.15) is 0 Å². The van der Waals surface area contributed by atoms with Gasteiger partial charge in [0.2, 0.25) is 0 Å². The molecule has 2 N–H and O–H groups in total. The smallest absolute Gasteiger partial charge is 0.389 e. The molecule has 0 amide bonds. The van der Waals surface area contributed by atoms with Gasteiger partial charge in [-0.2, -0.15) is 13.2 Å². The fourth-order valence-corrected chi connectivity index (χ4v) is 1.12. The van der Waals surface area contributed by atoms with Crippen LogP contribution < -0.4 is 5.32 Å². The quantitative estimate of drug-likeness (QED) is 0.590. The Labute approximate surface area is 105 Å². The van der Waals surface area contributed by atoms with Gasteiger partial charge >= 0.3 is 6.18 Å². The Kier molecular flexibility index (Phi) is 9.35. The Bertz CT molecular complexity index is 200. The molecule has 0 saturated carbocycles. The lowest BCUT2D eigenvalue weighted by Crippen LogP contribution is -2.33. The lowest BCUT2D eigenvalue weighted by molar-refractivity contribution is -0.133. The van der Waals surface area contributed by atoms with E-state index in [-0.39, 0.29) is 25.8 Å². The van der Waals surface area contributed by atoms with Crippen molar-refractivity contribution < 1.29 is 27.8 Å². The molecule has 0 bridgehead atoms. The zero-order valence-electron chi connectivity index (χ0n) is 10.8. The van der Waals surface area contributed by atoms with E-state index in [1.165, 1.54) is 0 Å². The first-order chi connectivity index (χ1) is 8.31. The van der Waals surface area contributed by atoms with Crippen LogP contribution in [0.4, 0.5) is 13.2 Å². The fraction of sp³-hybridized carbons (Fsp3) is 1.00. The van der Waals surface area contributed by atoms with Gasteiger partial charge in [-0.1, -0.05) is 0 Å². The van der Waals surface area contributed by atoms with E-state index in [1.807, 2.05) is 13.8 Å². The third-order valence-electron chi connectivity index (χ3n) is 1.95. The van der Waals surface area contributed by atoms with Crippen LogP contribution in [0.2, 0.25) is 0 Å². The maximum atomic E-state index is 11.8. The van der Waals surface area contributed by atoms with Crippen LogP contribution in [-0.2, 0) is 9.47 Å². The van der Waals surface area contributed by atoms with Crippen molar-refractivity contribution in [3.8, 4) is 0 Å². The molecule has 4 nitrogen and oxygen atoms in total. The molecule has 110 valence electrons. The highest BCUT2D eigenvalue weighted by Crippen LogP contribution is 2.17. The van der Waals surface area contributed by atoms with Crippen LogP contribution in [0.3, 0.4) is 0 Å². The summed E-state index contributed by atoms with van der Waals surface area (Å²) in [6.45, 7) is 4.57.